The molecule has 0 aromatic rings. The van der Waals surface area contributed by atoms with Gasteiger partial charge in [-0.25, -0.2) is 9.80 Å². The van der Waals surface area contributed by atoms with Crippen molar-refractivity contribution in [2.45, 2.75) is 12.5 Å². The van der Waals surface area contributed by atoms with Crippen LogP contribution in [0.1, 0.15) is 6.42 Å². The largest absolute Gasteiger partial charge is 0.344 e. The van der Waals surface area contributed by atoms with Crippen molar-refractivity contribution in [3.8, 4) is 0 Å². The first-order chi connectivity index (χ1) is 7.13. The van der Waals surface area contributed by atoms with Gasteiger partial charge in [0, 0.05) is 12.3 Å². The summed E-state index contributed by atoms with van der Waals surface area (Å²) in [7, 11) is 0. The van der Waals surface area contributed by atoms with Crippen LogP contribution in [0.3, 0.4) is 0 Å². The number of imide groups is 1. The summed E-state index contributed by atoms with van der Waals surface area (Å²) in [5.74, 6) is 0.605. The first-order valence-corrected chi connectivity index (χ1v) is 5.93. The molecule has 1 atom stereocenters. The highest BCUT2D eigenvalue weighted by molar-refractivity contribution is 7.98. The summed E-state index contributed by atoms with van der Waals surface area (Å²) in [6.07, 6.45) is 4.29. The number of urea groups is 1. The third-order valence-corrected chi connectivity index (χ3v) is 2.47. The van der Waals surface area contributed by atoms with Gasteiger partial charge in [-0.1, -0.05) is 0 Å². The predicted octanol–water partition coefficient (Wildman–Crippen LogP) is -0.396. The van der Waals surface area contributed by atoms with Crippen LogP contribution >= 0.6 is 11.8 Å². The molecule has 0 unspecified atom stereocenters. The van der Waals surface area contributed by atoms with Crippen molar-refractivity contribution in [1.82, 2.24) is 10.3 Å². The number of nitrogens with one attached hydrogen (secondary N) is 1. The molecule has 0 aromatic carbocycles. The fourth-order valence-electron chi connectivity index (χ4n) is 1.02. The number of hydrogen-bond donors (Lipinski definition) is 2. The maximum absolute atomic E-state index is 11.0. The van der Waals surface area contributed by atoms with Gasteiger partial charge in [0.1, 0.15) is 6.54 Å². The fourth-order valence-corrected chi connectivity index (χ4v) is 1.53. The Morgan fingerprint density at radius 2 is 2.47 bits per heavy atom. The predicted molar refractivity (Wildman–Crippen MR) is 59.7 cm³/mol. The number of carbonyl (C=O) groups is 2. The molecule has 84 valence electrons. The Morgan fingerprint density at radius 3 is 3.00 bits per heavy atom. The molecule has 3 amide bonds. The Balaban J connectivity index is 2.37. The second kappa shape index (κ2) is 5.72. The zero-order chi connectivity index (χ0) is 11.3. The molecule has 1 aliphatic rings. The zero-order valence-electron chi connectivity index (χ0n) is 8.47. The van der Waals surface area contributed by atoms with Crippen LogP contribution < -0.4 is 11.1 Å². The Kier molecular flexibility index (Phi) is 4.57. The van der Waals surface area contributed by atoms with E-state index in [9.17, 15) is 9.59 Å². The SMILES string of the molecule is CSCC[C@H](N)/C=N/N1CC(=O)NC1=O. The molecule has 0 spiro atoms. The van der Waals surface area contributed by atoms with Gasteiger partial charge in [-0.3, -0.25) is 10.1 Å². The lowest BCUT2D eigenvalue weighted by atomic mass is 10.3. The maximum Gasteiger partial charge on any atom is 0.344 e. The molecule has 0 bridgehead atoms. The van der Waals surface area contributed by atoms with Gasteiger partial charge >= 0.3 is 6.03 Å². The molecular formula is C8H14N4O2S. The lowest BCUT2D eigenvalue weighted by Crippen LogP contribution is -2.27. The van der Waals surface area contributed by atoms with E-state index in [2.05, 4.69) is 10.4 Å². The van der Waals surface area contributed by atoms with Crippen LogP contribution in [0.15, 0.2) is 5.10 Å². The van der Waals surface area contributed by atoms with E-state index in [1.54, 1.807) is 11.8 Å². The van der Waals surface area contributed by atoms with Crippen molar-refractivity contribution in [2.75, 3.05) is 18.6 Å². The first-order valence-electron chi connectivity index (χ1n) is 4.53. The zero-order valence-corrected chi connectivity index (χ0v) is 9.29. The van der Waals surface area contributed by atoms with Crippen LogP contribution in [0.5, 0.6) is 0 Å². The Hall–Kier alpha value is -1.08. The third kappa shape index (κ3) is 3.88. The summed E-state index contributed by atoms with van der Waals surface area (Å²) in [5.41, 5.74) is 5.71. The van der Waals surface area contributed by atoms with E-state index >= 15 is 0 Å². The number of thioether (sulfide) groups is 1. The number of nitrogens with two attached hydrogens (primary N) is 1. The molecule has 1 saturated heterocycles. The minimum absolute atomic E-state index is 0.0232. The Bertz CT molecular complexity index is 282. The van der Waals surface area contributed by atoms with Crippen molar-refractivity contribution in [3.05, 3.63) is 0 Å². The average molecular weight is 230 g/mol. The smallest absolute Gasteiger partial charge is 0.323 e. The topological polar surface area (TPSA) is 87.8 Å². The molecule has 0 saturated carbocycles. The monoisotopic (exact) mass is 230 g/mol. The highest BCUT2D eigenvalue weighted by Gasteiger charge is 2.25. The number of amides is 3. The van der Waals surface area contributed by atoms with Crippen LogP contribution in [-0.4, -0.2) is 47.8 Å². The molecule has 1 fully saturated rings. The minimum atomic E-state index is -0.492. The van der Waals surface area contributed by atoms with Crippen molar-refractivity contribution in [2.24, 2.45) is 10.8 Å². The minimum Gasteiger partial charge on any atom is -0.323 e. The van der Waals surface area contributed by atoms with Gasteiger partial charge in [0.25, 0.3) is 0 Å². The normalized spacial score (nSPS) is 18.7. The maximum atomic E-state index is 11.0. The van der Waals surface area contributed by atoms with E-state index in [4.69, 9.17) is 5.73 Å². The van der Waals surface area contributed by atoms with Gasteiger partial charge in [-0.2, -0.15) is 16.9 Å². The lowest BCUT2D eigenvalue weighted by Gasteiger charge is -2.07. The Labute approximate surface area is 92.2 Å². The molecule has 1 aliphatic heterocycles. The van der Waals surface area contributed by atoms with Crippen molar-refractivity contribution in [3.63, 3.8) is 0 Å². The quantitative estimate of drug-likeness (QED) is 0.497. The summed E-state index contributed by atoms with van der Waals surface area (Å²) in [6, 6.07) is -0.672. The first kappa shape index (κ1) is 12.0. The van der Waals surface area contributed by atoms with Gasteiger partial charge in [0.2, 0.25) is 5.91 Å². The van der Waals surface area contributed by atoms with Crippen LogP contribution in [-0.2, 0) is 4.79 Å². The van der Waals surface area contributed by atoms with Gasteiger partial charge in [0.05, 0.1) is 0 Å². The lowest BCUT2D eigenvalue weighted by molar-refractivity contribution is -0.118. The second-order valence-electron chi connectivity index (χ2n) is 3.12. The van der Waals surface area contributed by atoms with Gasteiger partial charge in [-0.05, 0) is 18.4 Å². The van der Waals surface area contributed by atoms with E-state index < -0.39 is 6.03 Å². The van der Waals surface area contributed by atoms with E-state index in [1.807, 2.05) is 6.26 Å². The number of rotatable bonds is 5. The molecule has 0 radical (unpaired) electrons. The molecule has 3 N–H and O–H groups in total. The summed E-state index contributed by atoms with van der Waals surface area (Å²) >= 11 is 1.70. The summed E-state index contributed by atoms with van der Waals surface area (Å²) < 4.78 is 0. The van der Waals surface area contributed by atoms with Gasteiger partial charge in [-0.15, -0.1) is 0 Å². The van der Waals surface area contributed by atoms with Gasteiger partial charge in [0.15, 0.2) is 0 Å². The van der Waals surface area contributed by atoms with Crippen LogP contribution in [0.25, 0.3) is 0 Å². The molecular weight excluding hydrogens is 216 g/mol. The number of hydrazone groups is 1. The van der Waals surface area contributed by atoms with Crippen LogP contribution in [0.4, 0.5) is 4.79 Å². The highest BCUT2D eigenvalue weighted by atomic mass is 32.2. The molecule has 15 heavy (non-hydrogen) atoms. The summed E-state index contributed by atoms with van der Waals surface area (Å²) in [6.45, 7) is -0.0232. The molecule has 6 nitrogen and oxygen atoms in total. The van der Waals surface area contributed by atoms with Crippen molar-refractivity contribution >= 4 is 29.9 Å². The number of nitrogens with zero attached hydrogens (tertiary/aromatic N) is 2. The Morgan fingerprint density at radius 1 is 1.73 bits per heavy atom. The average Bonchev–Trinajstić information content (AvgIpc) is 2.51. The highest BCUT2D eigenvalue weighted by Crippen LogP contribution is 2.00. The summed E-state index contributed by atoms with van der Waals surface area (Å²) in [4.78, 5) is 21.8. The number of carbonyl (C=O) groups excluding carboxylic acids is 2. The third-order valence-electron chi connectivity index (χ3n) is 1.83. The standard InChI is InChI=1S/C8H14N4O2S/c1-15-3-2-6(9)4-10-12-5-7(13)11-8(12)14/h4,6H,2-3,5,9H2,1H3,(H,11,13,14)/b10-4+/t6-/m0/s1. The molecule has 1 heterocycles. The molecule has 0 aliphatic carbocycles. The second-order valence-corrected chi connectivity index (χ2v) is 4.11. The van der Waals surface area contributed by atoms with Crippen molar-refractivity contribution < 1.29 is 9.59 Å². The van der Waals surface area contributed by atoms with Crippen LogP contribution in [0, 0.1) is 0 Å². The van der Waals surface area contributed by atoms with E-state index in [-0.39, 0.29) is 18.5 Å². The van der Waals surface area contributed by atoms with Gasteiger partial charge < -0.3 is 5.73 Å². The molecule has 7 heteroatoms. The molecule has 0 aromatic heterocycles. The van der Waals surface area contributed by atoms with E-state index in [0.717, 1.165) is 17.2 Å². The van der Waals surface area contributed by atoms with Crippen molar-refractivity contribution in [1.29, 1.82) is 0 Å². The number of hydrogen-bond acceptors (Lipinski definition) is 5. The summed E-state index contributed by atoms with van der Waals surface area (Å²) in [5, 5.41) is 7.04. The van der Waals surface area contributed by atoms with Crippen LogP contribution in [0.2, 0.25) is 0 Å². The molecule has 1 rings (SSSR count). The van der Waals surface area contributed by atoms with E-state index in [1.165, 1.54) is 6.21 Å². The van der Waals surface area contributed by atoms with E-state index in [0.29, 0.717) is 0 Å². The fraction of sp³-hybridized carbons (Fsp3) is 0.625.